The van der Waals surface area contributed by atoms with Gasteiger partial charge >= 0.3 is 0 Å². The molecule has 1 aromatic rings. The number of nitrogens with one attached hydrogen (secondary N) is 1. The maximum Gasteiger partial charge on any atom is 0.235 e. The van der Waals surface area contributed by atoms with Crippen LogP contribution in [0.5, 0.6) is 0 Å². The van der Waals surface area contributed by atoms with E-state index in [1.54, 1.807) is 6.92 Å². The van der Waals surface area contributed by atoms with Crippen LogP contribution in [-0.4, -0.2) is 20.4 Å². The lowest BCUT2D eigenvalue weighted by Gasteiger charge is -2.09. The van der Waals surface area contributed by atoms with Gasteiger partial charge in [0.25, 0.3) is 0 Å². The molecule has 0 aromatic carbocycles. The van der Waals surface area contributed by atoms with E-state index in [0.29, 0.717) is 11.6 Å². The maximum atomic E-state index is 12.0. The van der Waals surface area contributed by atoms with Gasteiger partial charge in [-0.1, -0.05) is 24.7 Å². The Balaban J connectivity index is 1.94. The van der Waals surface area contributed by atoms with Crippen molar-refractivity contribution in [1.82, 2.24) is 10.2 Å². The van der Waals surface area contributed by atoms with Crippen molar-refractivity contribution in [2.75, 3.05) is 5.32 Å². The van der Waals surface area contributed by atoms with E-state index in [1.165, 1.54) is 11.3 Å². The van der Waals surface area contributed by atoms with Gasteiger partial charge in [-0.25, -0.2) is 0 Å². The second kappa shape index (κ2) is 4.94. The van der Waals surface area contributed by atoms with Gasteiger partial charge in [0, 0.05) is 6.42 Å². The van der Waals surface area contributed by atoms with Crippen molar-refractivity contribution >= 4 is 45.6 Å². The number of rotatable bonds is 5. The average molecular weight is 308 g/mol. The first-order valence-electron chi connectivity index (χ1n) is 5.91. The Bertz CT molecular complexity index is 463. The van der Waals surface area contributed by atoms with Crippen LogP contribution in [0.2, 0.25) is 0 Å². The highest BCUT2D eigenvalue weighted by atomic mass is 35.5. The van der Waals surface area contributed by atoms with Gasteiger partial charge in [0.2, 0.25) is 11.0 Å². The molecule has 1 amide bonds. The van der Waals surface area contributed by atoms with Crippen molar-refractivity contribution in [3.05, 3.63) is 5.01 Å². The van der Waals surface area contributed by atoms with Crippen LogP contribution in [0.4, 0.5) is 5.13 Å². The number of hydrogen-bond donors (Lipinski definition) is 1. The van der Waals surface area contributed by atoms with Gasteiger partial charge in [-0.2, -0.15) is 0 Å². The number of carbonyl (C=O) groups excluding carboxylic acids is 1. The Morgan fingerprint density at radius 1 is 1.50 bits per heavy atom. The van der Waals surface area contributed by atoms with Crippen molar-refractivity contribution < 1.29 is 4.79 Å². The molecule has 4 nitrogen and oxygen atoms in total. The third kappa shape index (κ3) is 2.63. The van der Waals surface area contributed by atoms with E-state index in [2.05, 4.69) is 22.4 Å². The van der Waals surface area contributed by atoms with E-state index in [0.717, 1.165) is 24.3 Å². The van der Waals surface area contributed by atoms with Crippen LogP contribution in [0.1, 0.15) is 38.1 Å². The van der Waals surface area contributed by atoms with Gasteiger partial charge in [-0.05, 0) is 19.8 Å². The predicted octanol–water partition coefficient (Wildman–Crippen LogP) is 3.40. The fourth-order valence-electron chi connectivity index (χ4n) is 1.61. The zero-order valence-corrected chi connectivity index (χ0v) is 12.6. The Labute approximate surface area is 120 Å². The Kier molecular flexibility index (Phi) is 3.85. The molecular weight excluding hydrogens is 293 g/mol. The lowest BCUT2D eigenvalue weighted by molar-refractivity contribution is -0.120. The number of amides is 1. The summed E-state index contributed by atoms with van der Waals surface area (Å²) in [5, 5.41) is 12.2. The summed E-state index contributed by atoms with van der Waals surface area (Å²) in [6.45, 7) is 3.87. The summed E-state index contributed by atoms with van der Waals surface area (Å²) in [7, 11) is 0. The smallest absolute Gasteiger partial charge is 0.235 e. The fourth-order valence-corrected chi connectivity index (χ4v) is 3.10. The molecule has 0 aliphatic heterocycles. The first kappa shape index (κ1) is 14.0. The molecule has 0 saturated heterocycles. The van der Waals surface area contributed by atoms with Gasteiger partial charge in [0.05, 0.1) is 5.41 Å². The predicted molar refractivity (Wildman–Crippen MR) is 74.3 cm³/mol. The van der Waals surface area contributed by atoms with E-state index in [9.17, 15) is 4.79 Å². The zero-order chi connectivity index (χ0) is 13.4. The fraction of sp³-hybridized carbons (Fsp3) is 0.727. The standard InChI is InChI=1S/C11H15Cl2N3OS/c1-3-4-5-7-15-16-9(18-7)14-8(17)10(2)6-11(10,12)13/h3-6H2,1-2H3,(H,14,16,17)/t10-/m0/s1. The van der Waals surface area contributed by atoms with Crippen LogP contribution < -0.4 is 5.32 Å². The summed E-state index contributed by atoms with van der Waals surface area (Å²) in [6, 6.07) is 0. The highest BCUT2D eigenvalue weighted by Gasteiger charge is 2.68. The molecule has 1 aliphatic carbocycles. The number of aryl methyl sites for hydroxylation is 1. The molecule has 1 N–H and O–H groups in total. The maximum absolute atomic E-state index is 12.0. The molecule has 1 aromatic heterocycles. The van der Waals surface area contributed by atoms with Crippen molar-refractivity contribution in [2.24, 2.45) is 5.41 Å². The molecule has 2 rings (SSSR count). The normalized spacial score (nSPS) is 24.9. The molecule has 7 heteroatoms. The third-order valence-corrected chi connectivity index (χ3v) is 5.19. The van der Waals surface area contributed by atoms with Crippen LogP contribution in [0.25, 0.3) is 0 Å². The quantitative estimate of drug-likeness (QED) is 0.848. The first-order valence-corrected chi connectivity index (χ1v) is 7.48. The topological polar surface area (TPSA) is 54.9 Å². The van der Waals surface area contributed by atoms with Crippen molar-refractivity contribution in [2.45, 2.75) is 43.9 Å². The molecule has 18 heavy (non-hydrogen) atoms. The number of halogens is 2. The lowest BCUT2D eigenvalue weighted by atomic mass is 10.1. The van der Waals surface area contributed by atoms with Crippen LogP contribution >= 0.6 is 34.5 Å². The number of aromatic nitrogens is 2. The third-order valence-electron chi connectivity index (χ3n) is 3.19. The summed E-state index contributed by atoms with van der Waals surface area (Å²) in [5.74, 6) is -0.189. The SMILES string of the molecule is CCCCc1nnc(NC(=O)[C@]2(C)CC2(Cl)Cl)s1. The average Bonchev–Trinajstić information content (AvgIpc) is 2.65. The number of nitrogens with zero attached hydrogens (tertiary/aromatic N) is 2. The summed E-state index contributed by atoms with van der Waals surface area (Å²) in [5.41, 5.74) is -0.717. The molecule has 0 radical (unpaired) electrons. The van der Waals surface area contributed by atoms with E-state index >= 15 is 0 Å². The van der Waals surface area contributed by atoms with E-state index < -0.39 is 9.75 Å². The van der Waals surface area contributed by atoms with Gasteiger partial charge in [0.1, 0.15) is 9.34 Å². The van der Waals surface area contributed by atoms with E-state index in [1.807, 2.05) is 0 Å². The Morgan fingerprint density at radius 3 is 2.72 bits per heavy atom. The minimum atomic E-state index is -0.952. The van der Waals surface area contributed by atoms with Gasteiger partial charge in [0.15, 0.2) is 0 Å². The largest absolute Gasteiger partial charge is 0.300 e. The summed E-state index contributed by atoms with van der Waals surface area (Å²) < 4.78 is -0.952. The number of hydrogen-bond acceptors (Lipinski definition) is 4. The molecule has 1 aliphatic rings. The molecule has 100 valence electrons. The molecule has 0 spiro atoms. The lowest BCUT2D eigenvalue weighted by Crippen LogP contribution is -2.25. The summed E-state index contributed by atoms with van der Waals surface area (Å²) in [6.07, 6.45) is 3.56. The van der Waals surface area contributed by atoms with Crippen LogP contribution in [0.15, 0.2) is 0 Å². The summed E-state index contributed by atoms with van der Waals surface area (Å²) >= 11 is 13.3. The van der Waals surface area contributed by atoms with Crippen molar-refractivity contribution in [3.63, 3.8) is 0 Å². The van der Waals surface area contributed by atoms with Gasteiger partial charge in [-0.15, -0.1) is 33.4 Å². The number of alkyl halides is 2. The summed E-state index contributed by atoms with van der Waals surface area (Å²) in [4.78, 5) is 12.0. The highest BCUT2D eigenvalue weighted by molar-refractivity contribution is 7.15. The number of anilines is 1. The molecule has 0 unspecified atom stereocenters. The minimum Gasteiger partial charge on any atom is -0.300 e. The molecule has 1 saturated carbocycles. The zero-order valence-electron chi connectivity index (χ0n) is 10.3. The van der Waals surface area contributed by atoms with Crippen molar-refractivity contribution in [1.29, 1.82) is 0 Å². The molecule has 1 atom stereocenters. The van der Waals surface area contributed by atoms with Gasteiger partial charge < -0.3 is 0 Å². The number of unbranched alkanes of at least 4 members (excludes halogenated alkanes) is 1. The molecule has 1 fully saturated rings. The van der Waals surface area contributed by atoms with E-state index in [-0.39, 0.29) is 5.91 Å². The Morgan fingerprint density at radius 2 is 2.17 bits per heavy atom. The second-order valence-corrected chi connectivity index (χ2v) is 7.32. The minimum absolute atomic E-state index is 0.189. The first-order chi connectivity index (χ1) is 8.39. The molecular formula is C11H15Cl2N3OS. The number of carbonyl (C=O) groups is 1. The monoisotopic (exact) mass is 307 g/mol. The highest BCUT2D eigenvalue weighted by Crippen LogP contribution is 2.64. The second-order valence-electron chi connectivity index (χ2n) is 4.77. The van der Waals surface area contributed by atoms with Crippen LogP contribution in [0, 0.1) is 5.41 Å². The van der Waals surface area contributed by atoms with Crippen LogP contribution in [0.3, 0.4) is 0 Å². The van der Waals surface area contributed by atoms with E-state index in [4.69, 9.17) is 23.2 Å². The molecule has 1 heterocycles. The van der Waals surface area contributed by atoms with Gasteiger partial charge in [-0.3, -0.25) is 10.1 Å². The van der Waals surface area contributed by atoms with Crippen LogP contribution in [-0.2, 0) is 11.2 Å². The molecule has 0 bridgehead atoms. The van der Waals surface area contributed by atoms with Crippen molar-refractivity contribution in [3.8, 4) is 0 Å². The Hall–Kier alpha value is -0.390.